The number of phosphoric ester groups is 1. The van der Waals surface area contributed by atoms with E-state index < -0.39 is 37.5 Å². The summed E-state index contributed by atoms with van der Waals surface area (Å²) in [7, 11) is -4.82. The van der Waals surface area contributed by atoms with Gasteiger partial charge < -0.3 is 19.6 Å². The number of aliphatic hydroxyl groups is 1. The Bertz CT molecular complexity index is 741. The molecule has 0 aromatic carbocycles. The van der Waals surface area contributed by atoms with Gasteiger partial charge in [-0.05, 0) is 0 Å². The second kappa shape index (κ2) is 5.57. The first-order valence-corrected chi connectivity index (χ1v) is 7.11. The van der Waals surface area contributed by atoms with E-state index in [1.807, 2.05) is 4.98 Å². The lowest BCUT2D eigenvalue weighted by atomic mass is 10.2. The zero-order valence-electron chi connectivity index (χ0n) is 10.4. The van der Waals surface area contributed by atoms with Gasteiger partial charge >= 0.3 is 13.5 Å². The molecule has 1 fully saturated rings. The Morgan fingerprint density at radius 1 is 1.52 bits per heavy atom. The molecule has 2 rings (SSSR count). The lowest BCUT2D eigenvalue weighted by Gasteiger charge is -2.19. The van der Waals surface area contributed by atoms with Gasteiger partial charge in [-0.2, -0.15) is 0 Å². The van der Waals surface area contributed by atoms with E-state index in [1.54, 1.807) is 0 Å². The van der Waals surface area contributed by atoms with Gasteiger partial charge in [0.05, 0.1) is 6.61 Å². The first kappa shape index (κ1) is 15.7. The standard InChI is InChI=1S/C10H11N2O8P/c1-2-5-3-12(10(15)11-8(5)14)9-7(13)6(4-19-9)20-21(16,17)18/h1,3,6-7,9,13H,4H2,(H,11,14,15)(H2,16,17,18)/t6-,7+,9+/m0/s1. The average Bonchev–Trinajstić information content (AvgIpc) is 2.70. The van der Waals surface area contributed by atoms with Gasteiger partial charge in [-0.15, -0.1) is 6.42 Å². The Morgan fingerprint density at radius 3 is 2.76 bits per heavy atom. The quantitative estimate of drug-likeness (QED) is 0.365. The molecule has 10 nitrogen and oxygen atoms in total. The summed E-state index contributed by atoms with van der Waals surface area (Å²) in [5.41, 5.74) is -1.82. The highest BCUT2D eigenvalue weighted by Crippen LogP contribution is 2.41. The Hall–Kier alpha value is -1.73. The van der Waals surface area contributed by atoms with Crippen LogP contribution in [0.3, 0.4) is 0 Å². The summed E-state index contributed by atoms with van der Waals surface area (Å²) < 4.78 is 21.0. The van der Waals surface area contributed by atoms with Gasteiger partial charge in [0.15, 0.2) is 6.23 Å². The Kier molecular flexibility index (Phi) is 4.15. The molecular formula is C10H11N2O8P. The predicted molar refractivity (Wildman–Crippen MR) is 67.2 cm³/mol. The maximum atomic E-state index is 11.7. The Balaban J connectivity index is 2.33. The van der Waals surface area contributed by atoms with Crippen molar-refractivity contribution in [3.8, 4) is 12.3 Å². The average molecular weight is 318 g/mol. The van der Waals surface area contributed by atoms with Crippen LogP contribution >= 0.6 is 7.82 Å². The zero-order chi connectivity index (χ0) is 15.8. The van der Waals surface area contributed by atoms with Gasteiger partial charge in [-0.3, -0.25) is 18.9 Å². The molecular weight excluding hydrogens is 307 g/mol. The monoisotopic (exact) mass is 318 g/mol. The number of nitrogens with one attached hydrogen (secondary N) is 1. The minimum atomic E-state index is -4.82. The normalized spacial score (nSPS) is 25.7. The number of phosphoric acid groups is 1. The molecule has 1 saturated heterocycles. The van der Waals surface area contributed by atoms with E-state index in [-0.39, 0.29) is 12.2 Å². The number of aromatic nitrogens is 2. The van der Waals surface area contributed by atoms with E-state index >= 15 is 0 Å². The van der Waals surface area contributed by atoms with Crippen LogP contribution in [-0.4, -0.2) is 43.3 Å². The lowest BCUT2D eigenvalue weighted by Crippen LogP contribution is -2.38. The smallest absolute Gasteiger partial charge is 0.386 e. The number of nitrogens with zero attached hydrogens (tertiary/aromatic N) is 1. The third-order valence-corrected chi connectivity index (χ3v) is 3.32. The molecule has 0 radical (unpaired) electrons. The Morgan fingerprint density at radius 2 is 2.19 bits per heavy atom. The second-order valence-electron chi connectivity index (χ2n) is 4.20. The van der Waals surface area contributed by atoms with Crippen molar-refractivity contribution in [3.05, 3.63) is 32.6 Å². The van der Waals surface area contributed by atoms with Crippen LogP contribution in [0.1, 0.15) is 11.8 Å². The minimum absolute atomic E-state index is 0.162. The topological polar surface area (TPSA) is 151 Å². The number of terminal acetylenes is 1. The minimum Gasteiger partial charge on any atom is -0.386 e. The molecule has 0 bridgehead atoms. The maximum absolute atomic E-state index is 11.7. The Labute approximate surface area is 117 Å². The SMILES string of the molecule is C#Cc1cn([C@@H]2OC[C@H](OP(=O)(O)O)[C@H]2O)c(=O)[nH]c1=O. The van der Waals surface area contributed by atoms with Crippen molar-refractivity contribution in [3.63, 3.8) is 0 Å². The summed E-state index contributed by atoms with van der Waals surface area (Å²) in [6.07, 6.45) is 1.95. The van der Waals surface area contributed by atoms with Crippen LogP contribution in [0.25, 0.3) is 0 Å². The largest absolute Gasteiger partial charge is 0.470 e. The molecule has 1 aliphatic heterocycles. The van der Waals surface area contributed by atoms with Crippen molar-refractivity contribution in [2.24, 2.45) is 0 Å². The molecule has 0 unspecified atom stereocenters. The highest BCUT2D eigenvalue weighted by molar-refractivity contribution is 7.46. The van der Waals surface area contributed by atoms with Crippen LogP contribution in [-0.2, 0) is 13.8 Å². The molecule has 114 valence electrons. The van der Waals surface area contributed by atoms with Crippen molar-refractivity contribution in [1.29, 1.82) is 0 Å². The van der Waals surface area contributed by atoms with Crippen molar-refractivity contribution < 1.29 is 28.7 Å². The van der Waals surface area contributed by atoms with Gasteiger partial charge in [0.2, 0.25) is 0 Å². The molecule has 0 saturated carbocycles. The van der Waals surface area contributed by atoms with E-state index in [0.29, 0.717) is 0 Å². The van der Waals surface area contributed by atoms with Gasteiger partial charge in [-0.1, -0.05) is 5.92 Å². The number of H-pyrrole nitrogens is 1. The van der Waals surface area contributed by atoms with Gasteiger partial charge in [0.1, 0.15) is 17.8 Å². The highest BCUT2D eigenvalue weighted by atomic mass is 31.2. The van der Waals surface area contributed by atoms with Gasteiger partial charge in [-0.25, -0.2) is 9.36 Å². The number of rotatable bonds is 3. The first-order chi connectivity index (χ1) is 9.73. The zero-order valence-corrected chi connectivity index (χ0v) is 11.3. The number of aliphatic hydroxyl groups excluding tert-OH is 1. The van der Waals surface area contributed by atoms with Crippen LogP contribution in [0.15, 0.2) is 15.8 Å². The number of hydrogen-bond donors (Lipinski definition) is 4. The number of ether oxygens (including phenoxy) is 1. The van der Waals surface area contributed by atoms with Gasteiger partial charge in [0, 0.05) is 6.20 Å². The summed E-state index contributed by atoms with van der Waals surface area (Å²) in [6, 6.07) is 0. The van der Waals surface area contributed by atoms with E-state index in [2.05, 4.69) is 10.4 Å². The van der Waals surface area contributed by atoms with Gasteiger partial charge in [0.25, 0.3) is 5.56 Å². The molecule has 11 heteroatoms. The molecule has 0 aliphatic carbocycles. The molecule has 2 heterocycles. The van der Waals surface area contributed by atoms with Crippen LogP contribution in [0, 0.1) is 12.3 Å². The highest BCUT2D eigenvalue weighted by Gasteiger charge is 2.41. The third kappa shape index (κ3) is 3.30. The number of aromatic amines is 1. The van der Waals surface area contributed by atoms with Crippen LogP contribution in [0.4, 0.5) is 0 Å². The summed E-state index contributed by atoms with van der Waals surface area (Å²) in [5, 5.41) is 9.93. The fraction of sp³-hybridized carbons (Fsp3) is 0.400. The molecule has 3 atom stereocenters. The van der Waals surface area contributed by atoms with E-state index in [9.17, 15) is 19.3 Å². The van der Waals surface area contributed by atoms with Crippen LogP contribution < -0.4 is 11.2 Å². The summed E-state index contributed by atoms with van der Waals surface area (Å²) in [4.78, 5) is 42.4. The summed E-state index contributed by atoms with van der Waals surface area (Å²) in [6.45, 7) is -0.353. The fourth-order valence-corrected chi connectivity index (χ4v) is 2.40. The third-order valence-electron chi connectivity index (χ3n) is 2.77. The maximum Gasteiger partial charge on any atom is 0.470 e. The first-order valence-electron chi connectivity index (χ1n) is 5.58. The molecule has 1 aliphatic rings. The molecule has 1 aromatic heterocycles. The summed E-state index contributed by atoms with van der Waals surface area (Å²) in [5.74, 6) is 2.05. The predicted octanol–water partition coefficient (Wildman–Crippen LogP) is -2.11. The van der Waals surface area contributed by atoms with Crippen molar-refractivity contribution in [2.45, 2.75) is 18.4 Å². The fourth-order valence-electron chi connectivity index (χ4n) is 1.87. The van der Waals surface area contributed by atoms with E-state index in [4.69, 9.17) is 20.9 Å². The molecule has 0 amide bonds. The number of hydrogen-bond acceptors (Lipinski definition) is 6. The molecule has 1 aromatic rings. The van der Waals surface area contributed by atoms with Crippen molar-refractivity contribution >= 4 is 7.82 Å². The molecule has 0 spiro atoms. The lowest BCUT2D eigenvalue weighted by molar-refractivity contribution is -0.0211. The summed E-state index contributed by atoms with van der Waals surface area (Å²) >= 11 is 0. The van der Waals surface area contributed by atoms with E-state index in [0.717, 1.165) is 10.8 Å². The second-order valence-corrected chi connectivity index (χ2v) is 5.39. The van der Waals surface area contributed by atoms with Crippen molar-refractivity contribution in [1.82, 2.24) is 9.55 Å². The van der Waals surface area contributed by atoms with Crippen molar-refractivity contribution in [2.75, 3.05) is 6.61 Å². The van der Waals surface area contributed by atoms with Crippen LogP contribution in [0.2, 0.25) is 0 Å². The van der Waals surface area contributed by atoms with Crippen LogP contribution in [0.5, 0.6) is 0 Å². The molecule has 4 N–H and O–H groups in total. The van der Waals surface area contributed by atoms with E-state index in [1.165, 1.54) is 0 Å². The molecule has 21 heavy (non-hydrogen) atoms.